The van der Waals surface area contributed by atoms with E-state index in [2.05, 4.69) is 4.98 Å². The number of aromatic amines is 1. The summed E-state index contributed by atoms with van der Waals surface area (Å²) in [7, 11) is 1.69. The van der Waals surface area contributed by atoms with Gasteiger partial charge in [-0.25, -0.2) is 0 Å². The largest absolute Gasteiger partial charge is 0.348 e. The maximum atomic E-state index is 12.1. The smallest absolute Gasteiger partial charge is 0.274 e. The van der Waals surface area contributed by atoms with Gasteiger partial charge in [0.25, 0.3) is 5.91 Å². The minimum atomic E-state index is -0.177. The van der Waals surface area contributed by atoms with Crippen LogP contribution in [0.25, 0.3) is 0 Å². The standard InChI is InChI=1S/C13H12N2O2/c1-15(11-5-3-2-4-6-11)13(17)12-8-7-10(9-16)14-12/h2-9,14H,1H3. The zero-order chi connectivity index (χ0) is 12.3. The molecule has 1 aromatic heterocycles. The summed E-state index contributed by atoms with van der Waals surface area (Å²) in [4.78, 5) is 26.9. The number of para-hydroxylation sites is 1. The average molecular weight is 228 g/mol. The van der Waals surface area contributed by atoms with Crippen molar-refractivity contribution in [1.82, 2.24) is 4.98 Å². The van der Waals surface area contributed by atoms with Crippen molar-refractivity contribution in [2.24, 2.45) is 0 Å². The molecule has 0 atom stereocenters. The molecule has 0 aliphatic carbocycles. The normalized spacial score (nSPS) is 9.94. The Labute approximate surface area is 98.9 Å². The lowest BCUT2D eigenvalue weighted by atomic mass is 10.3. The predicted molar refractivity (Wildman–Crippen MR) is 65.4 cm³/mol. The van der Waals surface area contributed by atoms with Crippen LogP contribution in [0.2, 0.25) is 0 Å². The third-order valence-electron chi connectivity index (χ3n) is 2.51. The molecule has 2 aromatic rings. The first-order valence-electron chi connectivity index (χ1n) is 5.19. The summed E-state index contributed by atoms with van der Waals surface area (Å²) in [6.45, 7) is 0. The predicted octanol–water partition coefficient (Wildman–Crippen LogP) is 2.10. The molecule has 0 aliphatic rings. The van der Waals surface area contributed by atoms with Gasteiger partial charge < -0.3 is 9.88 Å². The van der Waals surface area contributed by atoms with Crippen molar-refractivity contribution < 1.29 is 9.59 Å². The van der Waals surface area contributed by atoms with Gasteiger partial charge in [-0.15, -0.1) is 0 Å². The Morgan fingerprint density at radius 3 is 2.47 bits per heavy atom. The molecule has 86 valence electrons. The molecule has 4 heteroatoms. The van der Waals surface area contributed by atoms with Crippen LogP contribution in [-0.2, 0) is 0 Å². The van der Waals surface area contributed by atoms with Gasteiger partial charge in [-0.2, -0.15) is 0 Å². The van der Waals surface area contributed by atoms with E-state index in [1.54, 1.807) is 19.2 Å². The maximum Gasteiger partial charge on any atom is 0.274 e. The number of nitrogens with one attached hydrogen (secondary N) is 1. The Morgan fingerprint density at radius 1 is 1.18 bits per heavy atom. The highest BCUT2D eigenvalue weighted by molar-refractivity contribution is 6.04. The van der Waals surface area contributed by atoms with Crippen molar-refractivity contribution in [1.29, 1.82) is 0 Å². The Kier molecular flexibility index (Phi) is 3.05. The van der Waals surface area contributed by atoms with Crippen molar-refractivity contribution in [3.63, 3.8) is 0 Å². The fourth-order valence-electron chi connectivity index (χ4n) is 1.55. The minimum Gasteiger partial charge on any atom is -0.348 e. The lowest BCUT2D eigenvalue weighted by Crippen LogP contribution is -2.26. The van der Waals surface area contributed by atoms with Crippen LogP contribution in [0.1, 0.15) is 21.0 Å². The third-order valence-corrected chi connectivity index (χ3v) is 2.51. The molecule has 17 heavy (non-hydrogen) atoms. The van der Waals surface area contributed by atoms with E-state index in [1.165, 1.54) is 4.90 Å². The van der Waals surface area contributed by atoms with Crippen LogP contribution in [0.15, 0.2) is 42.5 Å². The van der Waals surface area contributed by atoms with Crippen molar-refractivity contribution in [3.05, 3.63) is 53.9 Å². The summed E-state index contributed by atoms with van der Waals surface area (Å²) in [6.07, 6.45) is 0.680. The Hall–Kier alpha value is -2.36. The van der Waals surface area contributed by atoms with E-state index in [0.717, 1.165) is 5.69 Å². The zero-order valence-corrected chi connectivity index (χ0v) is 9.38. The van der Waals surface area contributed by atoms with Crippen LogP contribution in [0.4, 0.5) is 5.69 Å². The number of aromatic nitrogens is 1. The monoisotopic (exact) mass is 228 g/mol. The van der Waals surface area contributed by atoms with Gasteiger partial charge in [-0.1, -0.05) is 18.2 Å². The number of nitrogens with zero attached hydrogens (tertiary/aromatic N) is 1. The molecular weight excluding hydrogens is 216 g/mol. The molecule has 0 saturated heterocycles. The summed E-state index contributed by atoms with van der Waals surface area (Å²) < 4.78 is 0. The third kappa shape index (κ3) is 2.25. The summed E-state index contributed by atoms with van der Waals surface area (Å²) in [5.41, 5.74) is 1.60. The minimum absolute atomic E-state index is 0.177. The average Bonchev–Trinajstić information content (AvgIpc) is 2.87. The molecule has 1 amide bonds. The number of aldehydes is 1. The SMILES string of the molecule is CN(C(=O)c1ccc(C=O)[nH]1)c1ccccc1. The van der Waals surface area contributed by atoms with Gasteiger partial charge in [-0.05, 0) is 24.3 Å². The Morgan fingerprint density at radius 2 is 1.88 bits per heavy atom. The van der Waals surface area contributed by atoms with Gasteiger partial charge in [0, 0.05) is 12.7 Å². The molecule has 4 nitrogen and oxygen atoms in total. The molecular formula is C13H12N2O2. The van der Waals surface area contributed by atoms with Gasteiger partial charge in [-0.3, -0.25) is 9.59 Å². The van der Waals surface area contributed by atoms with Crippen LogP contribution in [0.3, 0.4) is 0 Å². The fraction of sp³-hybridized carbons (Fsp3) is 0.0769. The topological polar surface area (TPSA) is 53.2 Å². The highest BCUT2D eigenvalue weighted by Gasteiger charge is 2.14. The van der Waals surface area contributed by atoms with Crippen molar-refractivity contribution in [2.75, 3.05) is 11.9 Å². The number of hydrogen-bond acceptors (Lipinski definition) is 2. The molecule has 0 radical (unpaired) electrons. The number of rotatable bonds is 3. The van der Waals surface area contributed by atoms with Crippen LogP contribution >= 0.6 is 0 Å². The summed E-state index contributed by atoms with van der Waals surface area (Å²) >= 11 is 0. The number of carbonyl (C=O) groups excluding carboxylic acids is 2. The first kappa shape index (κ1) is 11.1. The van der Waals surface area contributed by atoms with Gasteiger partial charge >= 0.3 is 0 Å². The first-order chi connectivity index (χ1) is 8.22. The molecule has 0 spiro atoms. The number of amides is 1. The number of hydrogen-bond donors (Lipinski definition) is 1. The van der Waals surface area contributed by atoms with E-state index in [0.29, 0.717) is 17.7 Å². The van der Waals surface area contributed by atoms with Crippen LogP contribution in [0.5, 0.6) is 0 Å². The molecule has 2 rings (SSSR count). The molecule has 0 saturated carbocycles. The number of anilines is 1. The van der Waals surface area contributed by atoms with Crippen molar-refractivity contribution >= 4 is 17.9 Å². The van der Waals surface area contributed by atoms with E-state index in [4.69, 9.17) is 0 Å². The van der Waals surface area contributed by atoms with Crippen LogP contribution in [0, 0.1) is 0 Å². The second-order valence-corrected chi connectivity index (χ2v) is 3.64. The summed E-state index contributed by atoms with van der Waals surface area (Å²) in [5.74, 6) is -0.177. The number of H-pyrrole nitrogens is 1. The van der Waals surface area contributed by atoms with E-state index in [9.17, 15) is 9.59 Å². The highest BCUT2D eigenvalue weighted by atomic mass is 16.2. The Balaban J connectivity index is 2.23. The number of carbonyl (C=O) groups is 2. The van der Waals surface area contributed by atoms with Gasteiger partial charge in [0.05, 0.1) is 5.69 Å². The van der Waals surface area contributed by atoms with Crippen LogP contribution in [-0.4, -0.2) is 24.2 Å². The lowest BCUT2D eigenvalue weighted by molar-refractivity contribution is 0.0989. The van der Waals surface area contributed by atoms with E-state index in [-0.39, 0.29) is 5.91 Å². The molecule has 1 aromatic carbocycles. The van der Waals surface area contributed by atoms with Gasteiger partial charge in [0.1, 0.15) is 5.69 Å². The maximum absolute atomic E-state index is 12.1. The molecule has 0 aliphatic heterocycles. The second-order valence-electron chi connectivity index (χ2n) is 3.64. The van der Waals surface area contributed by atoms with E-state index >= 15 is 0 Å². The van der Waals surface area contributed by atoms with Crippen molar-refractivity contribution in [3.8, 4) is 0 Å². The lowest BCUT2D eigenvalue weighted by Gasteiger charge is -2.16. The molecule has 1 N–H and O–H groups in total. The first-order valence-corrected chi connectivity index (χ1v) is 5.19. The van der Waals surface area contributed by atoms with Crippen LogP contribution < -0.4 is 4.90 Å². The van der Waals surface area contributed by atoms with E-state index in [1.807, 2.05) is 30.3 Å². The fourth-order valence-corrected chi connectivity index (χ4v) is 1.55. The molecule has 0 unspecified atom stereocenters. The Bertz CT molecular complexity index is 531. The molecule has 0 bridgehead atoms. The van der Waals surface area contributed by atoms with Crippen molar-refractivity contribution in [2.45, 2.75) is 0 Å². The van der Waals surface area contributed by atoms with Gasteiger partial charge in [0.15, 0.2) is 6.29 Å². The second kappa shape index (κ2) is 4.65. The highest BCUT2D eigenvalue weighted by Crippen LogP contribution is 2.14. The van der Waals surface area contributed by atoms with Gasteiger partial charge in [0.2, 0.25) is 0 Å². The zero-order valence-electron chi connectivity index (χ0n) is 9.38. The summed E-state index contributed by atoms with van der Waals surface area (Å²) in [6, 6.07) is 12.5. The quantitative estimate of drug-likeness (QED) is 0.818. The molecule has 1 heterocycles. The summed E-state index contributed by atoms with van der Waals surface area (Å²) in [5, 5.41) is 0. The molecule has 0 fully saturated rings. The number of benzene rings is 1. The van der Waals surface area contributed by atoms with E-state index < -0.39 is 0 Å².